The third-order valence-corrected chi connectivity index (χ3v) is 4.41. The van der Waals surface area contributed by atoms with E-state index in [4.69, 9.17) is 14.2 Å². The van der Waals surface area contributed by atoms with Gasteiger partial charge >= 0.3 is 11.9 Å². The summed E-state index contributed by atoms with van der Waals surface area (Å²) in [6, 6.07) is 3.55. The average Bonchev–Trinajstić information content (AvgIpc) is 2.82. The molecule has 0 aromatic heterocycles. The number of allylic oxidation sites excluding steroid dienone is 2. The first-order valence-corrected chi connectivity index (χ1v) is 8.61. The predicted octanol–water partition coefficient (Wildman–Crippen LogP) is 3.71. The van der Waals surface area contributed by atoms with E-state index in [1.807, 2.05) is 0 Å². The van der Waals surface area contributed by atoms with E-state index in [2.05, 4.69) is 31.9 Å². The summed E-state index contributed by atoms with van der Waals surface area (Å²) in [5.41, 5.74) is 0.615. The number of benzene rings is 1. The van der Waals surface area contributed by atoms with Gasteiger partial charge in [0.05, 0.1) is 26.9 Å². The van der Waals surface area contributed by atoms with Crippen molar-refractivity contribution in [3.05, 3.63) is 56.8 Å². The third-order valence-electron chi connectivity index (χ3n) is 3.34. The fraction of sp³-hybridized carbons (Fsp3) is 0.176. The van der Waals surface area contributed by atoms with Gasteiger partial charge < -0.3 is 19.1 Å². The highest BCUT2D eigenvalue weighted by Gasteiger charge is 2.30. The highest BCUT2D eigenvalue weighted by Crippen LogP contribution is 2.41. The van der Waals surface area contributed by atoms with Crippen molar-refractivity contribution in [1.29, 1.82) is 0 Å². The van der Waals surface area contributed by atoms with Crippen LogP contribution >= 0.6 is 31.9 Å². The molecule has 0 spiro atoms. The highest BCUT2D eigenvalue weighted by atomic mass is 79.9. The van der Waals surface area contributed by atoms with Crippen LogP contribution in [0.2, 0.25) is 0 Å². The van der Waals surface area contributed by atoms with Crippen LogP contribution in [0.3, 0.4) is 0 Å². The number of nitrogens with zero attached hydrogens (tertiary/aromatic N) is 1. The van der Waals surface area contributed by atoms with Crippen molar-refractivity contribution in [3.63, 3.8) is 0 Å². The number of ether oxygens (including phenoxy) is 3. The summed E-state index contributed by atoms with van der Waals surface area (Å²) in [7, 11) is 4.01. The van der Waals surface area contributed by atoms with Gasteiger partial charge in [-0.15, -0.1) is 0 Å². The van der Waals surface area contributed by atoms with E-state index < -0.39 is 11.9 Å². The predicted molar refractivity (Wildman–Crippen MR) is 100 cm³/mol. The van der Waals surface area contributed by atoms with Crippen LogP contribution in [-0.4, -0.2) is 33.3 Å². The standard InChI is InChI=1S/C17H15Br2NO5/c1-23-13-9-10(18)8-12(19)15(13)20-7-5-4-6-11(16(21)24-2)14(20)17(22)25-3/h4-9H,1-3H3. The van der Waals surface area contributed by atoms with Crippen molar-refractivity contribution in [3.8, 4) is 5.75 Å². The monoisotopic (exact) mass is 471 g/mol. The molecule has 0 atom stereocenters. The molecule has 132 valence electrons. The SMILES string of the molecule is COC(=O)C1=C(C(=O)OC)N(c2c(Br)cc(Br)cc2OC)C=CC=C1. The minimum absolute atomic E-state index is 0.0145. The van der Waals surface area contributed by atoms with E-state index in [0.29, 0.717) is 15.9 Å². The van der Waals surface area contributed by atoms with Gasteiger partial charge in [-0.25, -0.2) is 9.59 Å². The molecule has 0 fully saturated rings. The molecule has 0 aliphatic carbocycles. The molecular weight excluding hydrogens is 458 g/mol. The van der Waals surface area contributed by atoms with Gasteiger partial charge in [0.2, 0.25) is 0 Å². The molecule has 0 bridgehead atoms. The summed E-state index contributed by atoms with van der Waals surface area (Å²) < 4.78 is 16.6. The molecular formula is C17H15Br2NO5. The molecule has 0 amide bonds. The second-order valence-electron chi connectivity index (χ2n) is 4.75. The van der Waals surface area contributed by atoms with Crippen LogP contribution in [-0.2, 0) is 19.1 Å². The zero-order valence-electron chi connectivity index (χ0n) is 13.7. The van der Waals surface area contributed by atoms with Gasteiger partial charge in [0.1, 0.15) is 17.1 Å². The number of esters is 2. The first-order chi connectivity index (χ1) is 11.9. The Bertz CT molecular complexity index is 798. The largest absolute Gasteiger partial charge is 0.494 e. The van der Waals surface area contributed by atoms with Crippen molar-refractivity contribution < 1.29 is 23.8 Å². The lowest BCUT2D eigenvalue weighted by molar-refractivity contribution is -0.139. The number of hydrogen-bond donors (Lipinski definition) is 0. The molecule has 0 saturated carbocycles. The number of carbonyl (C=O) groups excluding carboxylic acids is 2. The number of carbonyl (C=O) groups is 2. The Balaban J connectivity index is 2.78. The Morgan fingerprint density at radius 3 is 2.28 bits per heavy atom. The minimum atomic E-state index is -0.687. The first kappa shape index (κ1) is 19.3. The summed E-state index contributed by atoms with van der Waals surface area (Å²) in [4.78, 5) is 26.1. The second kappa shape index (κ2) is 8.35. The Kier molecular flexibility index (Phi) is 6.44. The molecule has 0 N–H and O–H groups in total. The van der Waals surface area contributed by atoms with Crippen LogP contribution in [0.5, 0.6) is 5.75 Å². The molecule has 25 heavy (non-hydrogen) atoms. The Morgan fingerprint density at radius 1 is 1.00 bits per heavy atom. The van der Waals surface area contributed by atoms with Gasteiger partial charge in [-0.1, -0.05) is 22.0 Å². The molecule has 0 saturated heterocycles. The van der Waals surface area contributed by atoms with Crippen LogP contribution < -0.4 is 9.64 Å². The molecule has 0 unspecified atom stereocenters. The third kappa shape index (κ3) is 3.96. The second-order valence-corrected chi connectivity index (χ2v) is 6.52. The normalized spacial score (nSPS) is 13.6. The fourth-order valence-electron chi connectivity index (χ4n) is 2.27. The number of anilines is 1. The van der Waals surface area contributed by atoms with Gasteiger partial charge in [0, 0.05) is 15.1 Å². The molecule has 8 heteroatoms. The zero-order chi connectivity index (χ0) is 18.6. The quantitative estimate of drug-likeness (QED) is 0.622. The maximum atomic E-state index is 12.4. The van der Waals surface area contributed by atoms with Crippen LogP contribution in [0.25, 0.3) is 0 Å². The number of methoxy groups -OCH3 is 3. The first-order valence-electron chi connectivity index (χ1n) is 7.02. The van der Waals surface area contributed by atoms with Crippen molar-refractivity contribution in [1.82, 2.24) is 0 Å². The Labute approximate surface area is 162 Å². The topological polar surface area (TPSA) is 65.1 Å². The minimum Gasteiger partial charge on any atom is -0.494 e. The molecule has 1 aromatic rings. The molecule has 1 aromatic carbocycles. The van der Waals surface area contributed by atoms with Crippen molar-refractivity contribution in [2.45, 2.75) is 0 Å². The van der Waals surface area contributed by atoms with E-state index in [0.717, 1.165) is 4.47 Å². The van der Waals surface area contributed by atoms with Crippen molar-refractivity contribution >= 4 is 49.5 Å². The summed E-state index contributed by atoms with van der Waals surface area (Å²) >= 11 is 6.87. The average molecular weight is 473 g/mol. The van der Waals surface area contributed by atoms with Crippen LogP contribution in [0.15, 0.2) is 56.8 Å². The molecule has 1 aliphatic rings. The van der Waals surface area contributed by atoms with Crippen LogP contribution in [0, 0.1) is 0 Å². The molecule has 0 radical (unpaired) electrons. The van der Waals surface area contributed by atoms with Crippen LogP contribution in [0.4, 0.5) is 5.69 Å². The van der Waals surface area contributed by atoms with Crippen molar-refractivity contribution in [2.75, 3.05) is 26.2 Å². The number of halogens is 2. The number of rotatable bonds is 4. The number of hydrogen-bond acceptors (Lipinski definition) is 6. The molecule has 2 rings (SSSR count). The summed E-state index contributed by atoms with van der Waals surface area (Å²) in [6.45, 7) is 0. The Hall–Kier alpha value is -2.06. The van der Waals surface area contributed by atoms with Gasteiger partial charge in [-0.3, -0.25) is 0 Å². The van der Waals surface area contributed by atoms with E-state index in [1.165, 1.54) is 32.3 Å². The zero-order valence-corrected chi connectivity index (χ0v) is 16.9. The lowest BCUT2D eigenvalue weighted by Crippen LogP contribution is -2.27. The van der Waals surface area contributed by atoms with E-state index in [-0.39, 0.29) is 11.3 Å². The van der Waals surface area contributed by atoms with E-state index >= 15 is 0 Å². The lowest BCUT2D eigenvalue weighted by atomic mass is 10.1. The van der Waals surface area contributed by atoms with Gasteiger partial charge in [0.15, 0.2) is 0 Å². The van der Waals surface area contributed by atoms with Crippen molar-refractivity contribution in [2.24, 2.45) is 0 Å². The smallest absolute Gasteiger partial charge is 0.355 e. The molecule has 6 nitrogen and oxygen atoms in total. The lowest BCUT2D eigenvalue weighted by Gasteiger charge is -2.26. The highest BCUT2D eigenvalue weighted by molar-refractivity contribution is 9.11. The Morgan fingerprint density at radius 2 is 1.68 bits per heavy atom. The van der Waals surface area contributed by atoms with Gasteiger partial charge in [-0.05, 0) is 40.2 Å². The summed E-state index contributed by atoms with van der Waals surface area (Å²) in [6.07, 6.45) is 6.45. The van der Waals surface area contributed by atoms with E-state index in [1.54, 1.807) is 30.5 Å². The van der Waals surface area contributed by atoms with Gasteiger partial charge in [0.25, 0.3) is 0 Å². The maximum Gasteiger partial charge on any atom is 0.355 e. The molecule has 1 aliphatic heterocycles. The summed E-state index contributed by atoms with van der Waals surface area (Å²) in [5.74, 6) is -0.857. The summed E-state index contributed by atoms with van der Waals surface area (Å²) in [5, 5.41) is 0. The van der Waals surface area contributed by atoms with Gasteiger partial charge in [-0.2, -0.15) is 0 Å². The van der Waals surface area contributed by atoms with Crippen LogP contribution in [0.1, 0.15) is 0 Å². The van der Waals surface area contributed by atoms with E-state index in [9.17, 15) is 9.59 Å². The fourth-order valence-corrected chi connectivity index (χ4v) is 3.65. The maximum absolute atomic E-state index is 12.4. The molecule has 1 heterocycles.